The molecule has 0 radical (unpaired) electrons. The zero-order valence-electron chi connectivity index (χ0n) is 20.8. The molecule has 0 saturated carbocycles. The number of nitrogens with zero attached hydrogens (tertiary/aromatic N) is 3. The van der Waals surface area contributed by atoms with Gasteiger partial charge in [0.2, 0.25) is 5.88 Å². The van der Waals surface area contributed by atoms with Crippen molar-refractivity contribution in [3.8, 4) is 23.1 Å². The maximum atomic E-state index is 13.1. The molecule has 0 fully saturated rings. The highest BCUT2D eigenvalue weighted by Gasteiger charge is 2.23. The molecule has 0 saturated heterocycles. The minimum Gasteiger partial charge on any atom is -0.493 e. The molecule has 9 nitrogen and oxygen atoms in total. The second kappa shape index (κ2) is 10.1. The van der Waals surface area contributed by atoms with Crippen LogP contribution in [0.2, 0.25) is 0 Å². The summed E-state index contributed by atoms with van der Waals surface area (Å²) >= 11 is 0. The number of hydrogen-bond acceptors (Lipinski definition) is 7. The molecule has 0 bridgehead atoms. The number of carbonyl (C=O) groups is 2. The Bertz CT molecular complexity index is 1490. The van der Waals surface area contributed by atoms with Gasteiger partial charge in [-0.1, -0.05) is 0 Å². The quantitative estimate of drug-likeness (QED) is 0.344. The van der Waals surface area contributed by atoms with Gasteiger partial charge in [-0.05, 0) is 73.9 Å². The monoisotopic (exact) mass is 498 g/mol. The first-order chi connectivity index (χ1) is 18.0. The van der Waals surface area contributed by atoms with Gasteiger partial charge in [0.15, 0.2) is 17.3 Å². The smallest absolute Gasteiger partial charge is 0.326 e. The van der Waals surface area contributed by atoms with Gasteiger partial charge in [-0.3, -0.25) is 9.69 Å². The fourth-order valence-corrected chi connectivity index (χ4v) is 4.38. The molecule has 188 valence electrons. The molecule has 1 aromatic heterocycles. The van der Waals surface area contributed by atoms with Crippen molar-refractivity contribution in [2.75, 3.05) is 31.0 Å². The zero-order chi connectivity index (χ0) is 25.9. The van der Waals surface area contributed by atoms with Crippen molar-refractivity contribution in [1.29, 1.82) is 0 Å². The van der Waals surface area contributed by atoms with E-state index in [1.165, 1.54) is 13.3 Å². The van der Waals surface area contributed by atoms with Crippen LogP contribution in [0.5, 0.6) is 23.1 Å². The van der Waals surface area contributed by atoms with E-state index in [0.717, 1.165) is 24.1 Å². The van der Waals surface area contributed by atoms with Gasteiger partial charge in [0.1, 0.15) is 12.1 Å². The summed E-state index contributed by atoms with van der Waals surface area (Å²) in [5.74, 6) is 2.11. The summed E-state index contributed by atoms with van der Waals surface area (Å²) < 4.78 is 17.0. The molecular weight excluding hydrogens is 472 g/mol. The van der Waals surface area contributed by atoms with Crippen molar-refractivity contribution in [3.63, 3.8) is 0 Å². The minimum absolute atomic E-state index is 0.0188. The molecule has 0 unspecified atom stereocenters. The molecule has 0 atom stereocenters. The summed E-state index contributed by atoms with van der Waals surface area (Å²) in [4.78, 5) is 34.9. The third-order valence-electron chi connectivity index (χ3n) is 6.28. The third kappa shape index (κ3) is 4.88. The van der Waals surface area contributed by atoms with E-state index >= 15 is 0 Å². The van der Waals surface area contributed by atoms with Gasteiger partial charge in [0.05, 0.1) is 25.1 Å². The predicted molar refractivity (Wildman–Crippen MR) is 140 cm³/mol. The van der Waals surface area contributed by atoms with Crippen LogP contribution >= 0.6 is 0 Å². The summed E-state index contributed by atoms with van der Waals surface area (Å²) in [6, 6.07) is 15.8. The Morgan fingerprint density at radius 2 is 1.70 bits per heavy atom. The van der Waals surface area contributed by atoms with Crippen LogP contribution in [-0.2, 0) is 6.42 Å². The highest BCUT2D eigenvalue weighted by Crippen LogP contribution is 2.37. The average Bonchev–Trinajstić information content (AvgIpc) is 2.92. The van der Waals surface area contributed by atoms with E-state index in [1.54, 1.807) is 55.5 Å². The number of amides is 2. The number of ether oxygens (including phenoxy) is 3. The van der Waals surface area contributed by atoms with Crippen LogP contribution < -0.4 is 24.4 Å². The number of anilines is 2. The van der Waals surface area contributed by atoms with Crippen molar-refractivity contribution in [2.24, 2.45) is 0 Å². The number of hydrogen-bond donors (Lipinski definition) is 1. The zero-order valence-corrected chi connectivity index (χ0v) is 20.8. The van der Waals surface area contributed by atoms with Crippen LogP contribution in [0.25, 0.3) is 10.9 Å². The number of methoxy groups -OCH3 is 2. The van der Waals surface area contributed by atoms with E-state index in [1.807, 2.05) is 18.2 Å². The number of rotatable bonds is 6. The standard InChI is InChI=1S/C28H26N4O5/c1-17(33)18-6-8-20(9-7-18)31-28(34)32-12-4-5-19-13-21(10-11-24(19)32)37-27-22-14-25(35-2)26(36-3)15-23(22)29-16-30-27/h6-11,13-16H,4-5,12H2,1-3H3,(H,31,34). The minimum atomic E-state index is -0.229. The lowest BCUT2D eigenvalue weighted by molar-refractivity contribution is 0.101. The molecular formula is C28H26N4O5. The largest absolute Gasteiger partial charge is 0.493 e. The SMILES string of the molecule is COc1cc2ncnc(Oc3ccc4c(c3)CCCN4C(=O)Nc3ccc(C(C)=O)cc3)c2cc1OC. The second-order valence-electron chi connectivity index (χ2n) is 8.61. The number of ketones is 1. The first kappa shape index (κ1) is 24.1. The van der Waals surface area contributed by atoms with Gasteiger partial charge in [-0.15, -0.1) is 0 Å². The second-order valence-corrected chi connectivity index (χ2v) is 8.61. The molecule has 1 N–H and O–H groups in total. The highest BCUT2D eigenvalue weighted by atomic mass is 16.5. The average molecular weight is 499 g/mol. The molecule has 5 rings (SSSR count). The van der Waals surface area contributed by atoms with Gasteiger partial charge in [-0.2, -0.15) is 0 Å². The number of aromatic nitrogens is 2. The molecule has 0 aliphatic carbocycles. The summed E-state index contributed by atoms with van der Waals surface area (Å²) in [7, 11) is 3.14. The van der Waals surface area contributed by atoms with Crippen molar-refractivity contribution >= 4 is 34.1 Å². The Kier molecular flexibility index (Phi) is 6.59. The van der Waals surface area contributed by atoms with Gasteiger partial charge >= 0.3 is 6.03 Å². The highest BCUT2D eigenvalue weighted by molar-refractivity contribution is 6.03. The van der Waals surface area contributed by atoms with Crippen LogP contribution in [0.4, 0.5) is 16.2 Å². The molecule has 0 spiro atoms. The molecule has 1 aliphatic heterocycles. The molecule has 9 heteroatoms. The summed E-state index contributed by atoms with van der Waals surface area (Å²) in [5.41, 5.74) is 3.73. The summed E-state index contributed by atoms with van der Waals surface area (Å²) in [6.07, 6.45) is 3.08. The molecule has 2 heterocycles. The lowest BCUT2D eigenvalue weighted by atomic mass is 10.0. The van der Waals surface area contributed by atoms with Crippen molar-refractivity contribution < 1.29 is 23.8 Å². The Morgan fingerprint density at radius 1 is 0.946 bits per heavy atom. The Hall–Kier alpha value is -4.66. The normalized spacial score (nSPS) is 12.6. The third-order valence-corrected chi connectivity index (χ3v) is 6.28. The van der Waals surface area contributed by atoms with E-state index in [-0.39, 0.29) is 11.8 Å². The van der Waals surface area contributed by atoms with E-state index in [2.05, 4.69) is 15.3 Å². The number of aryl methyl sites for hydroxylation is 1. The van der Waals surface area contributed by atoms with Gasteiger partial charge in [0.25, 0.3) is 0 Å². The molecule has 37 heavy (non-hydrogen) atoms. The van der Waals surface area contributed by atoms with E-state index in [4.69, 9.17) is 14.2 Å². The van der Waals surface area contributed by atoms with Gasteiger partial charge < -0.3 is 19.5 Å². The number of fused-ring (bicyclic) bond motifs is 2. The van der Waals surface area contributed by atoms with E-state index < -0.39 is 0 Å². The Balaban J connectivity index is 1.38. The number of benzene rings is 3. The Labute approximate surface area is 214 Å². The Morgan fingerprint density at radius 3 is 2.43 bits per heavy atom. The number of urea groups is 1. The van der Waals surface area contributed by atoms with Gasteiger partial charge in [-0.25, -0.2) is 14.8 Å². The van der Waals surface area contributed by atoms with E-state index in [9.17, 15) is 9.59 Å². The van der Waals surface area contributed by atoms with Crippen LogP contribution in [0.1, 0.15) is 29.3 Å². The van der Waals surface area contributed by atoms with E-state index in [0.29, 0.717) is 51.8 Å². The first-order valence-corrected chi connectivity index (χ1v) is 11.8. The lowest BCUT2D eigenvalue weighted by Gasteiger charge is -2.30. The van der Waals surface area contributed by atoms with Crippen molar-refractivity contribution in [3.05, 3.63) is 72.1 Å². The number of nitrogens with one attached hydrogen (secondary N) is 1. The van der Waals surface area contributed by atoms with Crippen LogP contribution in [0.15, 0.2) is 60.9 Å². The van der Waals surface area contributed by atoms with Gasteiger partial charge in [0, 0.05) is 29.5 Å². The molecule has 3 aromatic carbocycles. The molecule has 4 aromatic rings. The first-order valence-electron chi connectivity index (χ1n) is 11.8. The maximum Gasteiger partial charge on any atom is 0.326 e. The fraction of sp³-hybridized carbons (Fsp3) is 0.214. The molecule has 1 aliphatic rings. The summed E-state index contributed by atoms with van der Waals surface area (Å²) in [6.45, 7) is 2.11. The number of carbonyl (C=O) groups excluding carboxylic acids is 2. The predicted octanol–water partition coefficient (Wildman–Crippen LogP) is 5.63. The summed E-state index contributed by atoms with van der Waals surface area (Å²) in [5, 5.41) is 3.61. The van der Waals surface area contributed by atoms with Crippen molar-refractivity contribution in [1.82, 2.24) is 9.97 Å². The topological polar surface area (TPSA) is 103 Å². The molecule has 2 amide bonds. The van der Waals surface area contributed by atoms with Crippen LogP contribution in [0, 0.1) is 0 Å². The number of Topliss-reactive ketones (excluding diaryl/α,β-unsaturated/α-hetero) is 1. The fourth-order valence-electron chi connectivity index (χ4n) is 4.38. The van der Waals surface area contributed by atoms with Crippen LogP contribution in [0.3, 0.4) is 0 Å². The maximum absolute atomic E-state index is 13.1. The lowest BCUT2D eigenvalue weighted by Crippen LogP contribution is -2.38. The van der Waals surface area contributed by atoms with Crippen LogP contribution in [-0.4, -0.2) is 42.5 Å². The van der Waals surface area contributed by atoms with Crippen molar-refractivity contribution in [2.45, 2.75) is 19.8 Å².